The van der Waals surface area contributed by atoms with Gasteiger partial charge in [-0.2, -0.15) is 11.8 Å². The zero-order chi connectivity index (χ0) is 16.4. The van der Waals surface area contributed by atoms with Crippen LogP contribution in [0.4, 0.5) is 4.79 Å². The van der Waals surface area contributed by atoms with Crippen molar-refractivity contribution in [2.75, 3.05) is 19.8 Å². The van der Waals surface area contributed by atoms with E-state index in [2.05, 4.69) is 35.9 Å². The molecule has 3 fully saturated rings. The maximum atomic E-state index is 12.7. The smallest absolute Gasteiger partial charge is 0.317 e. The summed E-state index contributed by atoms with van der Waals surface area (Å²) in [5.41, 5.74) is 0. The van der Waals surface area contributed by atoms with Gasteiger partial charge >= 0.3 is 6.03 Å². The van der Waals surface area contributed by atoms with Crippen LogP contribution in [0.15, 0.2) is 0 Å². The first-order valence-corrected chi connectivity index (χ1v) is 10.5. The lowest BCUT2D eigenvalue weighted by molar-refractivity contribution is 0.0492. The van der Waals surface area contributed by atoms with Gasteiger partial charge in [0, 0.05) is 36.5 Å². The summed E-state index contributed by atoms with van der Waals surface area (Å²) in [6, 6.07) is 2.32. The zero-order valence-electron chi connectivity index (χ0n) is 15.0. The van der Waals surface area contributed by atoms with Crippen molar-refractivity contribution in [2.45, 2.75) is 87.7 Å². The second kappa shape index (κ2) is 7.64. The van der Waals surface area contributed by atoms with Gasteiger partial charge in [-0.25, -0.2) is 4.79 Å². The van der Waals surface area contributed by atoms with Crippen molar-refractivity contribution in [3.8, 4) is 0 Å². The van der Waals surface area contributed by atoms with Gasteiger partial charge < -0.3 is 15.1 Å². The van der Waals surface area contributed by atoms with Gasteiger partial charge in [0.2, 0.25) is 0 Å². The molecule has 2 amide bonds. The molecule has 0 aromatic carbocycles. The first-order chi connectivity index (χ1) is 11.1. The molecular weight excluding hydrogens is 306 g/mol. The molecule has 0 aromatic heterocycles. The molecule has 2 saturated heterocycles. The number of amides is 2. The number of hydrogen-bond donors (Lipinski definition) is 1. The van der Waals surface area contributed by atoms with Crippen molar-refractivity contribution in [3.05, 3.63) is 0 Å². The number of nitrogens with zero attached hydrogens (tertiary/aromatic N) is 2. The summed E-state index contributed by atoms with van der Waals surface area (Å²) < 4.78 is 0. The average molecular weight is 340 g/mol. The van der Waals surface area contributed by atoms with Gasteiger partial charge in [0.05, 0.1) is 0 Å². The number of nitrogens with one attached hydrogen (secondary N) is 1. The van der Waals surface area contributed by atoms with Crippen molar-refractivity contribution in [3.63, 3.8) is 0 Å². The molecule has 23 heavy (non-hydrogen) atoms. The average Bonchev–Trinajstić information content (AvgIpc) is 2.96. The number of piperidine rings is 2. The highest BCUT2D eigenvalue weighted by Gasteiger charge is 2.37. The molecule has 2 bridgehead atoms. The van der Waals surface area contributed by atoms with E-state index in [1.165, 1.54) is 44.3 Å². The van der Waals surface area contributed by atoms with Gasteiger partial charge in [0.25, 0.3) is 0 Å². The van der Waals surface area contributed by atoms with Crippen molar-refractivity contribution >= 4 is 17.8 Å². The number of rotatable bonds is 4. The van der Waals surface area contributed by atoms with Gasteiger partial charge in [-0.1, -0.05) is 13.3 Å². The molecule has 0 radical (unpaired) electrons. The largest absolute Gasteiger partial charge is 0.335 e. The van der Waals surface area contributed by atoms with E-state index in [4.69, 9.17) is 0 Å². The van der Waals surface area contributed by atoms with Crippen LogP contribution in [-0.2, 0) is 0 Å². The zero-order valence-corrected chi connectivity index (χ0v) is 15.8. The Morgan fingerprint density at radius 1 is 1.17 bits per heavy atom. The molecule has 1 aliphatic carbocycles. The number of urea groups is 1. The SMILES string of the molecule is CCSC1CCC(N(C)C(=O)NC2CC3CCCC(C2)N3C)C1. The molecule has 3 aliphatic rings. The second-order valence-corrected chi connectivity index (χ2v) is 9.25. The van der Waals surface area contributed by atoms with Crippen LogP contribution in [0.25, 0.3) is 0 Å². The Labute approximate surface area is 145 Å². The Kier molecular flexibility index (Phi) is 5.78. The summed E-state index contributed by atoms with van der Waals surface area (Å²) >= 11 is 2.05. The monoisotopic (exact) mass is 339 g/mol. The van der Waals surface area contributed by atoms with E-state index in [-0.39, 0.29) is 6.03 Å². The number of carbonyl (C=O) groups excluding carboxylic acids is 1. The van der Waals surface area contributed by atoms with Crippen LogP contribution >= 0.6 is 11.8 Å². The van der Waals surface area contributed by atoms with Crippen LogP contribution < -0.4 is 5.32 Å². The van der Waals surface area contributed by atoms with E-state index in [1.54, 1.807) is 0 Å². The Balaban J connectivity index is 1.49. The molecule has 2 heterocycles. The van der Waals surface area contributed by atoms with E-state index in [1.807, 2.05) is 11.9 Å². The van der Waals surface area contributed by atoms with Crippen LogP contribution in [0.3, 0.4) is 0 Å². The molecule has 1 saturated carbocycles. The van der Waals surface area contributed by atoms with E-state index < -0.39 is 0 Å². The molecule has 4 nitrogen and oxygen atoms in total. The lowest BCUT2D eigenvalue weighted by atomic mass is 9.82. The topological polar surface area (TPSA) is 35.6 Å². The summed E-state index contributed by atoms with van der Waals surface area (Å²) in [5, 5.41) is 4.10. The van der Waals surface area contributed by atoms with Crippen molar-refractivity contribution in [1.82, 2.24) is 15.1 Å². The molecule has 5 heteroatoms. The third kappa shape index (κ3) is 3.98. The highest BCUT2D eigenvalue weighted by molar-refractivity contribution is 7.99. The molecule has 0 spiro atoms. The normalized spacial score (nSPS) is 37.6. The van der Waals surface area contributed by atoms with Crippen molar-refractivity contribution < 1.29 is 4.79 Å². The summed E-state index contributed by atoms with van der Waals surface area (Å²) in [4.78, 5) is 17.2. The van der Waals surface area contributed by atoms with Gasteiger partial charge in [-0.15, -0.1) is 0 Å². The molecule has 1 N–H and O–H groups in total. The van der Waals surface area contributed by atoms with E-state index in [0.717, 1.165) is 18.1 Å². The Morgan fingerprint density at radius 3 is 2.52 bits per heavy atom. The highest BCUT2D eigenvalue weighted by Crippen LogP contribution is 2.34. The fourth-order valence-corrected chi connectivity index (χ4v) is 5.96. The molecule has 4 atom stereocenters. The number of carbonyl (C=O) groups is 1. The van der Waals surface area contributed by atoms with Crippen LogP contribution in [0.2, 0.25) is 0 Å². The standard InChI is InChI=1S/C18H33N3OS/c1-4-23-17-9-8-16(12-17)21(3)18(22)19-13-10-14-6-5-7-15(11-13)20(14)2/h13-17H,4-12H2,1-3H3,(H,19,22). The van der Waals surface area contributed by atoms with Crippen molar-refractivity contribution in [2.24, 2.45) is 0 Å². The van der Waals surface area contributed by atoms with Crippen LogP contribution in [0, 0.1) is 0 Å². The highest BCUT2D eigenvalue weighted by atomic mass is 32.2. The number of thioether (sulfide) groups is 1. The van der Waals surface area contributed by atoms with E-state index in [0.29, 0.717) is 24.2 Å². The Bertz CT molecular complexity index is 405. The maximum Gasteiger partial charge on any atom is 0.317 e. The van der Waals surface area contributed by atoms with Crippen LogP contribution in [0.1, 0.15) is 58.3 Å². The van der Waals surface area contributed by atoms with E-state index in [9.17, 15) is 4.79 Å². The first kappa shape index (κ1) is 17.4. The molecule has 0 aromatic rings. The fourth-order valence-electron chi connectivity index (χ4n) is 4.83. The molecule has 4 unspecified atom stereocenters. The van der Waals surface area contributed by atoms with Gasteiger partial charge in [0.15, 0.2) is 0 Å². The van der Waals surface area contributed by atoms with Crippen molar-refractivity contribution in [1.29, 1.82) is 0 Å². The maximum absolute atomic E-state index is 12.7. The number of hydrogen-bond acceptors (Lipinski definition) is 3. The summed E-state index contributed by atoms with van der Waals surface area (Å²) in [5.74, 6) is 1.19. The Hall–Kier alpha value is -0.420. The van der Waals surface area contributed by atoms with Crippen LogP contribution in [-0.4, -0.2) is 65.1 Å². The predicted octanol–water partition coefficient (Wildman–Crippen LogP) is 3.32. The molecule has 132 valence electrons. The lowest BCUT2D eigenvalue weighted by Crippen LogP contribution is -2.57. The van der Waals surface area contributed by atoms with Gasteiger partial charge in [-0.3, -0.25) is 0 Å². The third-order valence-corrected chi connectivity index (χ3v) is 7.53. The quantitative estimate of drug-likeness (QED) is 0.853. The lowest BCUT2D eigenvalue weighted by Gasteiger charge is -2.47. The fraction of sp³-hybridized carbons (Fsp3) is 0.944. The second-order valence-electron chi connectivity index (χ2n) is 7.68. The third-order valence-electron chi connectivity index (χ3n) is 6.29. The summed E-state index contributed by atoms with van der Waals surface area (Å²) in [6.07, 6.45) is 9.82. The minimum atomic E-state index is 0.157. The van der Waals surface area contributed by atoms with Gasteiger partial charge in [-0.05, 0) is 57.7 Å². The van der Waals surface area contributed by atoms with Crippen LogP contribution in [0.5, 0.6) is 0 Å². The summed E-state index contributed by atoms with van der Waals surface area (Å²) in [7, 11) is 4.26. The number of fused-ring (bicyclic) bond motifs is 2. The molecule has 3 rings (SSSR count). The minimum Gasteiger partial charge on any atom is -0.335 e. The molecular formula is C18H33N3OS. The Morgan fingerprint density at radius 2 is 1.87 bits per heavy atom. The minimum absolute atomic E-state index is 0.157. The predicted molar refractivity (Wildman–Crippen MR) is 98.1 cm³/mol. The molecule has 2 aliphatic heterocycles. The first-order valence-electron chi connectivity index (χ1n) is 9.45. The summed E-state index contributed by atoms with van der Waals surface area (Å²) in [6.45, 7) is 2.23. The van der Waals surface area contributed by atoms with E-state index >= 15 is 0 Å². The van der Waals surface area contributed by atoms with Gasteiger partial charge in [0.1, 0.15) is 0 Å².